The molecule has 1 aliphatic heterocycles. The van der Waals surface area contributed by atoms with Crippen molar-refractivity contribution in [2.75, 3.05) is 13.1 Å². The van der Waals surface area contributed by atoms with Gasteiger partial charge >= 0.3 is 5.97 Å². The molecule has 2 fully saturated rings. The molecule has 0 bridgehead atoms. The Morgan fingerprint density at radius 1 is 1.20 bits per heavy atom. The SMILES string of the molecule is O=C(O)[C@@H]1C[C@H]1C(=O)N1CC[C@@H](Cc2ccccc2)C1. The maximum atomic E-state index is 12.2. The molecular formula is C16H19NO3. The number of carbonyl (C=O) groups excluding carboxylic acids is 1. The van der Waals surface area contributed by atoms with Crippen LogP contribution in [0.3, 0.4) is 0 Å². The van der Waals surface area contributed by atoms with E-state index in [1.807, 2.05) is 23.1 Å². The molecule has 1 aromatic carbocycles. The smallest absolute Gasteiger partial charge is 0.307 e. The topological polar surface area (TPSA) is 57.6 Å². The molecule has 106 valence electrons. The minimum absolute atomic E-state index is 0.0490. The summed E-state index contributed by atoms with van der Waals surface area (Å²) in [7, 11) is 0. The number of carboxylic acid groups (broad SMARTS) is 1. The average Bonchev–Trinajstić information content (AvgIpc) is 3.13. The molecule has 1 aromatic rings. The third kappa shape index (κ3) is 2.69. The van der Waals surface area contributed by atoms with Crippen molar-refractivity contribution >= 4 is 11.9 Å². The van der Waals surface area contributed by atoms with E-state index in [9.17, 15) is 9.59 Å². The van der Waals surface area contributed by atoms with Gasteiger partial charge in [-0.2, -0.15) is 0 Å². The number of carboxylic acids is 1. The number of carbonyl (C=O) groups is 2. The van der Waals surface area contributed by atoms with Crippen LogP contribution in [0.4, 0.5) is 0 Å². The Hall–Kier alpha value is -1.84. The molecule has 1 N–H and O–H groups in total. The Balaban J connectivity index is 1.52. The summed E-state index contributed by atoms with van der Waals surface area (Å²) < 4.78 is 0. The van der Waals surface area contributed by atoms with E-state index in [0.717, 1.165) is 25.9 Å². The van der Waals surface area contributed by atoms with Crippen LogP contribution in [0.5, 0.6) is 0 Å². The molecule has 0 unspecified atom stereocenters. The van der Waals surface area contributed by atoms with Crippen LogP contribution in [0, 0.1) is 17.8 Å². The van der Waals surface area contributed by atoms with Crippen molar-refractivity contribution in [3.05, 3.63) is 35.9 Å². The van der Waals surface area contributed by atoms with Gasteiger partial charge in [0.05, 0.1) is 11.8 Å². The molecule has 1 aliphatic carbocycles. The van der Waals surface area contributed by atoms with E-state index in [1.165, 1.54) is 5.56 Å². The first kappa shape index (κ1) is 13.2. The fourth-order valence-electron chi connectivity index (χ4n) is 3.12. The van der Waals surface area contributed by atoms with Gasteiger partial charge in [-0.3, -0.25) is 9.59 Å². The largest absolute Gasteiger partial charge is 0.481 e. The van der Waals surface area contributed by atoms with Crippen molar-refractivity contribution in [2.24, 2.45) is 17.8 Å². The van der Waals surface area contributed by atoms with Crippen molar-refractivity contribution in [1.29, 1.82) is 0 Å². The summed E-state index contributed by atoms with van der Waals surface area (Å²) in [4.78, 5) is 24.9. The zero-order valence-electron chi connectivity index (χ0n) is 11.4. The van der Waals surface area contributed by atoms with Crippen LogP contribution in [-0.2, 0) is 16.0 Å². The minimum atomic E-state index is -0.830. The van der Waals surface area contributed by atoms with Gasteiger partial charge in [0, 0.05) is 13.1 Å². The van der Waals surface area contributed by atoms with Gasteiger partial charge in [0.25, 0.3) is 0 Å². The van der Waals surface area contributed by atoms with E-state index in [4.69, 9.17) is 5.11 Å². The average molecular weight is 273 g/mol. The molecule has 0 aromatic heterocycles. The van der Waals surface area contributed by atoms with Crippen LogP contribution in [-0.4, -0.2) is 35.0 Å². The maximum absolute atomic E-state index is 12.2. The van der Waals surface area contributed by atoms with Crippen LogP contribution < -0.4 is 0 Å². The van der Waals surface area contributed by atoms with Crippen LogP contribution in [0.25, 0.3) is 0 Å². The lowest BCUT2D eigenvalue weighted by molar-refractivity contribution is -0.141. The summed E-state index contributed by atoms with van der Waals surface area (Å²) >= 11 is 0. The van der Waals surface area contributed by atoms with Crippen LogP contribution in [0.1, 0.15) is 18.4 Å². The summed E-state index contributed by atoms with van der Waals surface area (Å²) in [5, 5.41) is 8.89. The van der Waals surface area contributed by atoms with Gasteiger partial charge < -0.3 is 10.0 Å². The summed E-state index contributed by atoms with van der Waals surface area (Å²) in [6, 6.07) is 10.3. The number of hydrogen-bond acceptors (Lipinski definition) is 2. The van der Waals surface area contributed by atoms with E-state index in [2.05, 4.69) is 12.1 Å². The van der Waals surface area contributed by atoms with E-state index < -0.39 is 11.9 Å². The highest BCUT2D eigenvalue weighted by molar-refractivity contribution is 5.89. The third-order valence-electron chi connectivity index (χ3n) is 4.39. The summed E-state index contributed by atoms with van der Waals surface area (Å²) in [6.45, 7) is 1.55. The van der Waals surface area contributed by atoms with Crippen molar-refractivity contribution in [2.45, 2.75) is 19.3 Å². The summed E-state index contributed by atoms with van der Waals surface area (Å²) in [6.07, 6.45) is 2.54. The van der Waals surface area contributed by atoms with Crippen LogP contribution >= 0.6 is 0 Å². The Morgan fingerprint density at radius 2 is 1.95 bits per heavy atom. The second kappa shape index (κ2) is 5.27. The molecule has 2 aliphatic rings. The summed E-state index contributed by atoms with van der Waals surface area (Å²) in [5.74, 6) is -0.974. The number of amides is 1. The first-order valence-corrected chi connectivity index (χ1v) is 7.20. The Morgan fingerprint density at radius 3 is 2.60 bits per heavy atom. The predicted octanol–water partition coefficient (Wildman–Crippen LogP) is 1.80. The number of rotatable bonds is 4. The van der Waals surface area contributed by atoms with Gasteiger partial charge in [-0.1, -0.05) is 30.3 Å². The quantitative estimate of drug-likeness (QED) is 0.910. The highest BCUT2D eigenvalue weighted by Gasteiger charge is 2.50. The Labute approximate surface area is 118 Å². The Kier molecular flexibility index (Phi) is 3.47. The van der Waals surface area contributed by atoms with Gasteiger partial charge in [0.1, 0.15) is 0 Å². The Bertz CT molecular complexity index is 514. The normalized spacial score (nSPS) is 28.4. The molecule has 4 nitrogen and oxygen atoms in total. The second-order valence-corrected chi connectivity index (χ2v) is 5.92. The molecule has 3 atom stereocenters. The molecule has 20 heavy (non-hydrogen) atoms. The molecule has 1 saturated carbocycles. The van der Waals surface area contributed by atoms with Crippen molar-refractivity contribution < 1.29 is 14.7 Å². The standard InChI is InChI=1S/C16H19NO3/c18-15(13-9-14(13)16(19)20)17-7-6-12(10-17)8-11-4-2-1-3-5-11/h1-5,12-14H,6-10H2,(H,19,20)/t12-,13+,14+/m0/s1. The van der Waals surface area contributed by atoms with Crippen molar-refractivity contribution in [1.82, 2.24) is 4.90 Å². The fourth-order valence-corrected chi connectivity index (χ4v) is 3.12. The van der Waals surface area contributed by atoms with E-state index in [1.54, 1.807) is 0 Å². The van der Waals surface area contributed by atoms with E-state index in [-0.39, 0.29) is 11.8 Å². The number of benzene rings is 1. The molecule has 1 amide bonds. The molecule has 0 radical (unpaired) electrons. The maximum Gasteiger partial charge on any atom is 0.307 e. The lowest BCUT2D eigenvalue weighted by Gasteiger charge is -2.16. The fraction of sp³-hybridized carbons (Fsp3) is 0.500. The number of likely N-dealkylation sites (tertiary alicyclic amines) is 1. The third-order valence-corrected chi connectivity index (χ3v) is 4.39. The van der Waals surface area contributed by atoms with Gasteiger partial charge in [-0.05, 0) is 30.7 Å². The zero-order chi connectivity index (χ0) is 14.1. The molecule has 0 spiro atoms. The van der Waals surface area contributed by atoms with E-state index >= 15 is 0 Å². The summed E-state index contributed by atoms with van der Waals surface area (Å²) in [5.41, 5.74) is 1.31. The molecule has 1 saturated heterocycles. The monoisotopic (exact) mass is 273 g/mol. The zero-order valence-corrected chi connectivity index (χ0v) is 11.4. The number of nitrogens with zero attached hydrogens (tertiary/aromatic N) is 1. The lowest BCUT2D eigenvalue weighted by atomic mass is 9.99. The molecule has 3 rings (SSSR count). The lowest BCUT2D eigenvalue weighted by Crippen LogP contribution is -2.31. The first-order chi connectivity index (χ1) is 9.65. The number of aliphatic carboxylic acids is 1. The first-order valence-electron chi connectivity index (χ1n) is 7.20. The van der Waals surface area contributed by atoms with Crippen molar-refractivity contribution in [3.63, 3.8) is 0 Å². The van der Waals surface area contributed by atoms with Gasteiger partial charge in [0.15, 0.2) is 0 Å². The highest BCUT2D eigenvalue weighted by Crippen LogP contribution is 2.41. The van der Waals surface area contributed by atoms with Crippen molar-refractivity contribution in [3.8, 4) is 0 Å². The molecule has 4 heteroatoms. The minimum Gasteiger partial charge on any atom is -0.481 e. The van der Waals surface area contributed by atoms with Crippen LogP contribution in [0.15, 0.2) is 30.3 Å². The van der Waals surface area contributed by atoms with Crippen LogP contribution in [0.2, 0.25) is 0 Å². The highest BCUT2D eigenvalue weighted by atomic mass is 16.4. The molecular weight excluding hydrogens is 254 g/mol. The van der Waals surface area contributed by atoms with Gasteiger partial charge in [-0.25, -0.2) is 0 Å². The predicted molar refractivity (Wildman–Crippen MR) is 74.1 cm³/mol. The van der Waals surface area contributed by atoms with Gasteiger partial charge in [-0.15, -0.1) is 0 Å². The van der Waals surface area contributed by atoms with E-state index in [0.29, 0.717) is 12.3 Å². The molecule has 1 heterocycles. The number of hydrogen-bond donors (Lipinski definition) is 1. The van der Waals surface area contributed by atoms with Gasteiger partial charge in [0.2, 0.25) is 5.91 Å². The second-order valence-electron chi connectivity index (χ2n) is 5.92.